The van der Waals surface area contributed by atoms with Gasteiger partial charge in [0.05, 0.1) is 11.3 Å². The number of hydrogen-bond acceptors (Lipinski definition) is 2. The molecule has 3 heteroatoms. The summed E-state index contributed by atoms with van der Waals surface area (Å²) < 4.78 is 0. The Morgan fingerprint density at radius 1 is 0.952 bits per heavy atom. The SMILES string of the molecule is O=C(O)C1=c2ccccc2=CN2CC=c3ccccc3=C12. The van der Waals surface area contributed by atoms with Gasteiger partial charge in [-0.15, -0.1) is 0 Å². The topological polar surface area (TPSA) is 40.5 Å². The molecule has 102 valence electrons. The molecule has 3 nitrogen and oxygen atoms in total. The average molecular weight is 275 g/mol. The molecule has 0 aliphatic carbocycles. The molecule has 0 radical (unpaired) electrons. The van der Waals surface area contributed by atoms with Crippen LogP contribution in [0.2, 0.25) is 0 Å². The van der Waals surface area contributed by atoms with E-state index in [9.17, 15) is 9.90 Å². The lowest BCUT2D eigenvalue weighted by atomic mass is 9.98. The lowest BCUT2D eigenvalue weighted by Crippen LogP contribution is -2.46. The van der Waals surface area contributed by atoms with Crippen molar-refractivity contribution in [3.05, 3.63) is 69.4 Å². The summed E-state index contributed by atoms with van der Waals surface area (Å²) >= 11 is 0. The Morgan fingerprint density at radius 3 is 2.38 bits per heavy atom. The second-order valence-corrected chi connectivity index (χ2v) is 5.19. The Balaban J connectivity index is 2.27. The van der Waals surface area contributed by atoms with Gasteiger partial charge in [0.15, 0.2) is 0 Å². The molecular weight excluding hydrogens is 262 g/mol. The molecule has 0 unspecified atom stereocenters. The van der Waals surface area contributed by atoms with Crippen LogP contribution in [0.1, 0.15) is 0 Å². The minimum atomic E-state index is -0.882. The van der Waals surface area contributed by atoms with Gasteiger partial charge in [-0.25, -0.2) is 4.79 Å². The van der Waals surface area contributed by atoms with E-state index in [-0.39, 0.29) is 0 Å². The highest BCUT2D eigenvalue weighted by molar-refractivity contribution is 6.24. The molecule has 0 atom stereocenters. The Morgan fingerprint density at radius 2 is 1.62 bits per heavy atom. The quantitative estimate of drug-likeness (QED) is 0.768. The maximum absolute atomic E-state index is 11.9. The molecule has 0 bridgehead atoms. The summed E-state index contributed by atoms with van der Waals surface area (Å²) in [4.78, 5) is 13.9. The second kappa shape index (κ2) is 4.35. The highest BCUT2D eigenvalue weighted by Gasteiger charge is 2.24. The molecule has 4 rings (SSSR count). The summed E-state index contributed by atoms with van der Waals surface area (Å²) in [6, 6.07) is 15.6. The van der Waals surface area contributed by atoms with Gasteiger partial charge in [-0.2, -0.15) is 0 Å². The maximum atomic E-state index is 11.9. The Hall–Kier alpha value is -2.81. The number of hydrogen-bond donors (Lipinski definition) is 1. The average Bonchev–Trinajstić information content (AvgIpc) is 2.52. The number of carbonyl (C=O) groups is 1. The van der Waals surface area contributed by atoms with Crippen molar-refractivity contribution in [1.82, 2.24) is 4.90 Å². The van der Waals surface area contributed by atoms with Gasteiger partial charge in [-0.1, -0.05) is 54.6 Å². The van der Waals surface area contributed by atoms with E-state index in [0.29, 0.717) is 12.1 Å². The van der Waals surface area contributed by atoms with Crippen LogP contribution in [-0.4, -0.2) is 22.5 Å². The number of nitrogens with zero attached hydrogens (tertiary/aromatic N) is 1. The van der Waals surface area contributed by atoms with Crippen LogP contribution in [0.25, 0.3) is 23.5 Å². The maximum Gasteiger partial charge on any atom is 0.338 e. The zero-order chi connectivity index (χ0) is 14.4. The molecule has 0 amide bonds. The Kier molecular flexibility index (Phi) is 2.48. The molecule has 2 aromatic carbocycles. The van der Waals surface area contributed by atoms with Crippen LogP contribution < -0.4 is 20.9 Å². The molecule has 2 aliphatic heterocycles. The number of carboxylic acid groups (broad SMARTS) is 1. The third kappa shape index (κ3) is 1.71. The Bertz CT molecular complexity index is 1000. The van der Waals surface area contributed by atoms with Gasteiger partial charge in [-0.05, 0) is 15.7 Å². The van der Waals surface area contributed by atoms with Crippen molar-refractivity contribution in [2.24, 2.45) is 0 Å². The van der Waals surface area contributed by atoms with E-state index >= 15 is 0 Å². The van der Waals surface area contributed by atoms with Crippen molar-refractivity contribution in [1.29, 1.82) is 0 Å². The number of benzene rings is 2. The fraction of sp³-hybridized carbons (Fsp3) is 0.0556. The molecule has 21 heavy (non-hydrogen) atoms. The third-order valence-electron chi connectivity index (χ3n) is 3.99. The molecule has 0 fully saturated rings. The first-order valence-electron chi connectivity index (χ1n) is 6.87. The van der Waals surface area contributed by atoms with E-state index in [4.69, 9.17) is 0 Å². The molecule has 1 N–H and O–H groups in total. The summed E-state index contributed by atoms with van der Waals surface area (Å²) in [5, 5.41) is 13.5. The predicted molar refractivity (Wildman–Crippen MR) is 81.5 cm³/mol. The van der Waals surface area contributed by atoms with Gasteiger partial charge < -0.3 is 10.0 Å². The molecule has 0 aromatic heterocycles. The molecule has 2 heterocycles. The fourth-order valence-electron chi connectivity index (χ4n) is 3.08. The van der Waals surface area contributed by atoms with Crippen LogP contribution in [0.4, 0.5) is 0 Å². The van der Waals surface area contributed by atoms with Crippen LogP contribution in [0, 0.1) is 0 Å². The lowest BCUT2D eigenvalue weighted by Gasteiger charge is -2.28. The lowest BCUT2D eigenvalue weighted by molar-refractivity contribution is -0.130. The summed E-state index contributed by atoms with van der Waals surface area (Å²) in [5.74, 6) is -0.882. The highest BCUT2D eigenvalue weighted by atomic mass is 16.4. The van der Waals surface area contributed by atoms with Crippen molar-refractivity contribution in [2.45, 2.75) is 0 Å². The summed E-state index contributed by atoms with van der Waals surface area (Å²) in [5.41, 5.74) is 1.17. The summed E-state index contributed by atoms with van der Waals surface area (Å²) in [6.07, 6.45) is 4.16. The van der Waals surface area contributed by atoms with E-state index in [0.717, 1.165) is 26.6 Å². The first kappa shape index (κ1) is 12.0. The van der Waals surface area contributed by atoms with Gasteiger partial charge in [0, 0.05) is 18.0 Å². The monoisotopic (exact) mass is 275 g/mol. The third-order valence-corrected chi connectivity index (χ3v) is 3.99. The van der Waals surface area contributed by atoms with Crippen molar-refractivity contribution < 1.29 is 9.90 Å². The normalized spacial score (nSPS) is 15.3. The van der Waals surface area contributed by atoms with Gasteiger partial charge in [0.1, 0.15) is 0 Å². The predicted octanol–water partition coefficient (Wildman–Crippen LogP) is -0.422. The van der Waals surface area contributed by atoms with Crippen LogP contribution in [0.3, 0.4) is 0 Å². The fourth-order valence-corrected chi connectivity index (χ4v) is 3.08. The zero-order valence-corrected chi connectivity index (χ0v) is 11.3. The number of aliphatic carboxylic acids is 1. The van der Waals surface area contributed by atoms with Crippen molar-refractivity contribution in [2.75, 3.05) is 6.54 Å². The van der Waals surface area contributed by atoms with E-state index in [2.05, 4.69) is 6.08 Å². The Labute approximate surface area is 121 Å². The first-order valence-corrected chi connectivity index (χ1v) is 6.87. The van der Waals surface area contributed by atoms with Gasteiger partial charge in [0.2, 0.25) is 0 Å². The highest BCUT2D eigenvalue weighted by Crippen LogP contribution is 2.19. The second-order valence-electron chi connectivity index (χ2n) is 5.19. The van der Waals surface area contributed by atoms with E-state index in [1.165, 1.54) is 0 Å². The molecule has 2 aliphatic rings. The molecule has 0 saturated carbocycles. The first-order chi connectivity index (χ1) is 10.3. The molecule has 0 saturated heterocycles. The van der Waals surface area contributed by atoms with Gasteiger partial charge >= 0.3 is 5.97 Å². The smallest absolute Gasteiger partial charge is 0.338 e. The molecule has 2 aromatic rings. The van der Waals surface area contributed by atoms with Gasteiger partial charge in [-0.3, -0.25) is 0 Å². The van der Waals surface area contributed by atoms with E-state index < -0.39 is 5.97 Å². The largest absolute Gasteiger partial charge is 0.478 e. The number of rotatable bonds is 1. The van der Waals surface area contributed by atoms with E-state index in [1.807, 2.05) is 59.6 Å². The van der Waals surface area contributed by atoms with Crippen molar-refractivity contribution in [3.63, 3.8) is 0 Å². The van der Waals surface area contributed by atoms with Crippen molar-refractivity contribution >= 4 is 29.5 Å². The van der Waals surface area contributed by atoms with Crippen LogP contribution in [0.5, 0.6) is 0 Å². The van der Waals surface area contributed by atoms with Crippen LogP contribution in [0.15, 0.2) is 48.5 Å². The van der Waals surface area contributed by atoms with Crippen molar-refractivity contribution in [3.8, 4) is 0 Å². The summed E-state index contributed by atoms with van der Waals surface area (Å²) in [7, 11) is 0. The number of fused-ring (bicyclic) bond motifs is 3. The van der Waals surface area contributed by atoms with Crippen LogP contribution in [-0.2, 0) is 4.79 Å². The van der Waals surface area contributed by atoms with E-state index in [1.54, 1.807) is 0 Å². The minimum absolute atomic E-state index is 0.383. The van der Waals surface area contributed by atoms with Crippen LogP contribution >= 0.6 is 0 Å². The number of carboxylic acids is 1. The zero-order valence-electron chi connectivity index (χ0n) is 11.3. The standard InChI is InChI=1S/C18H13NO2/c20-18(21)16-14-7-3-2-6-13(14)11-19-10-9-12-5-1-4-8-15(12)17(16)19/h1-9,11H,10H2,(H,20,21). The summed E-state index contributed by atoms with van der Waals surface area (Å²) in [6.45, 7) is 0.692. The molecule has 0 spiro atoms. The molecular formula is C18H13NO2. The van der Waals surface area contributed by atoms with Gasteiger partial charge in [0.25, 0.3) is 0 Å². The minimum Gasteiger partial charge on any atom is -0.478 e.